The van der Waals surface area contributed by atoms with Crippen molar-refractivity contribution in [1.29, 1.82) is 0 Å². The zero-order valence-corrected chi connectivity index (χ0v) is 14.9. The van der Waals surface area contributed by atoms with E-state index in [9.17, 15) is 4.79 Å². The third-order valence-electron chi connectivity index (χ3n) is 4.68. The zero-order valence-electron chi connectivity index (χ0n) is 14.9. The van der Waals surface area contributed by atoms with E-state index in [1.165, 1.54) is 5.39 Å². The number of nitrogens with zero attached hydrogens (tertiary/aromatic N) is 2. The van der Waals surface area contributed by atoms with Crippen LogP contribution in [0, 0.1) is 13.8 Å². The summed E-state index contributed by atoms with van der Waals surface area (Å²) < 4.78 is 1.91. The molecule has 0 saturated carbocycles. The van der Waals surface area contributed by atoms with Crippen molar-refractivity contribution in [1.82, 2.24) is 9.55 Å². The van der Waals surface area contributed by atoms with Crippen molar-refractivity contribution in [3.8, 4) is 0 Å². The fourth-order valence-electron chi connectivity index (χ4n) is 3.51. The first kappa shape index (κ1) is 16.4. The summed E-state index contributed by atoms with van der Waals surface area (Å²) in [6.45, 7) is 8.78. The molecule has 0 saturated heterocycles. The fraction of sp³-hybridized carbons (Fsp3) is 0.333. The second-order valence-corrected chi connectivity index (χ2v) is 6.29. The molecule has 3 heteroatoms. The van der Waals surface area contributed by atoms with E-state index in [4.69, 9.17) is 4.98 Å². The molecule has 0 aliphatic heterocycles. The van der Waals surface area contributed by atoms with Gasteiger partial charge in [0.1, 0.15) is 0 Å². The van der Waals surface area contributed by atoms with Gasteiger partial charge in [-0.25, -0.2) is 0 Å². The minimum absolute atomic E-state index is 0.107. The number of hydrogen-bond acceptors (Lipinski definition) is 2. The predicted molar refractivity (Wildman–Crippen MR) is 99.8 cm³/mol. The van der Waals surface area contributed by atoms with Crippen molar-refractivity contribution in [2.45, 2.75) is 47.1 Å². The minimum atomic E-state index is 0.107. The van der Waals surface area contributed by atoms with Crippen molar-refractivity contribution < 1.29 is 0 Å². The summed E-state index contributed by atoms with van der Waals surface area (Å²) in [6.07, 6.45) is 1.72. The maximum absolute atomic E-state index is 13.0. The second-order valence-electron chi connectivity index (χ2n) is 6.29. The highest BCUT2D eigenvalue weighted by molar-refractivity contribution is 5.86. The molecule has 2 aromatic heterocycles. The van der Waals surface area contributed by atoms with Crippen molar-refractivity contribution in [2.75, 3.05) is 0 Å². The maximum Gasteiger partial charge on any atom is 0.254 e. The van der Waals surface area contributed by atoms with Crippen molar-refractivity contribution in [3.05, 3.63) is 74.8 Å². The molecule has 3 rings (SSSR count). The van der Waals surface area contributed by atoms with Crippen molar-refractivity contribution >= 4 is 10.9 Å². The van der Waals surface area contributed by atoms with E-state index in [0.717, 1.165) is 46.4 Å². The standard InChI is InChI=1S/C21H24N2O/c1-5-17-15(4)21(24)23(13-16-10-8-7-9-11-16)19-12-14(3)22-18(6-2)20(17)19/h7-12H,5-6,13H2,1-4H3. The van der Waals surface area contributed by atoms with Crippen molar-refractivity contribution in [2.24, 2.45) is 0 Å². The first-order chi connectivity index (χ1) is 11.6. The molecule has 0 aliphatic carbocycles. The normalized spacial score (nSPS) is 11.2. The molecule has 1 aromatic carbocycles. The average Bonchev–Trinajstić information content (AvgIpc) is 2.60. The molecule has 0 amide bonds. The minimum Gasteiger partial charge on any atom is -0.303 e. The topological polar surface area (TPSA) is 34.9 Å². The van der Waals surface area contributed by atoms with Gasteiger partial charge < -0.3 is 4.57 Å². The van der Waals surface area contributed by atoms with Crippen LogP contribution in [-0.4, -0.2) is 9.55 Å². The number of pyridine rings is 2. The van der Waals surface area contributed by atoms with Crippen LogP contribution in [0.4, 0.5) is 0 Å². The Kier molecular flexibility index (Phi) is 4.52. The Morgan fingerprint density at radius 3 is 2.38 bits per heavy atom. The highest BCUT2D eigenvalue weighted by Crippen LogP contribution is 2.25. The van der Waals surface area contributed by atoms with Crippen LogP contribution < -0.4 is 5.56 Å². The SMILES string of the molecule is CCc1nc(C)cc2c1c(CC)c(C)c(=O)n2Cc1ccccc1. The molecular formula is C21H24N2O. The Morgan fingerprint density at radius 2 is 1.75 bits per heavy atom. The van der Waals surface area contributed by atoms with E-state index in [1.807, 2.05) is 36.6 Å². The van der Waals surface area contributed by atoms with Crippen LogP contribution in [0.15, 0.2) is 41.2 Å². The molecule has 2 heterocycles. The Balaban J connectivity index is 2.38. The molecule has 0 spiro atoms. The summed E-state index contributed by atoms with van der Waals surface area (Å²) in [4.78, 5) is 17.8. The molecule has 3 nitrogen and oxygen atoms in total. The van der Waals surface area contributed by atoms with Crippen LogP contribution in [-0.2, 0) is 19.4 Å². The van der Waals surface area contributed by atoms with Crippen LogP contribution in [0.1, 0.15) is 41.9 Å². The third-order valence-corrected chi connectivity index (χ3v) is 4.68. The van der Waals surface area contributed by atoms with Gasteiger partial charge in [-0.05, 0) is 43.9 Å². The van der Waals surface area contributed by atoms with Crippen LogP contribution in [0.25, 0.3) is 10.9 Å². The Labute approximate surface area is 143 Å². The van der Waals surface area contributed by atoms with Crippen LogP contribution in [0.5, 0.6) is 0 Å². The number of benzene rings is 1. The first-order valence-corrected chi connectivity index (χ1v) is 8.63. The van der Waals surface area contributed by atoms with Crippen LogP contribution in [0.2, 0.25) is 0 Å². The van der Waals surface area contributed by atoms with Gasteiger partial charge in [-0.3, -0.25) is 9.78 Å². The molecule has 0 aliphatic rings. The molecule has 0 N–H and O–H groups in total. The van der Waals surface area contributed by atoms with E-state index in [-0.39, 0.29) is 5.56 Å². The summed E-state index contributed by atoms with van der Waals surface area (Å²) >= 11 is 0. The molecule has 3 aromatic rings. The van der Waals surface area contributed by atoms with Gasteiger partial charge in [0.25, 0.3) is 5.56 Å². The second kappa shape index (κ2) is 6.60. The summed E-state index contributed by atoms with van der Waals surface area (Å²) in [5.41, 5.74) is 6.30. The lowest BCUT2D eigenvalue weighted by atomic mass is 9.98. The van der Waals surface area contributed by atoms with Gasteiger partial charge in [-0.2, -0.15) is 0 Å². The Hall–Kier alpha value is -2.42. The van der Waals surface area contributed by atoms with Gasteiger partial charge in [0.15, 0.2) is 0 Å². The lowest BCUT2D eigenvalue weighted by molar-refractivity contribution is 0.779. The lowest BCUT2D eigenvalue weighted by Crippen LogP contribution is -2.25. The van der Waals surface area contributed by atoms with Crippen molar-refractivity contribution in [3.63, 3.8) is 0 Å². The third kappa shape index (κ3) is 2.75. The molecule has 124 valence electrons. The molecule has 0 bridgehead atoms. The number of aryl methyl sites for hydroxylation is 3. The highest BCUT2D eigenvalue weighted by Gasteiger charge is 2.16. The van der Waals surface area contributed by atoms with Gasteiger partial charge in [0.2, 0.25) is 0 Å². The summed E-state index contributed by atoms with van der Waals surface area (Å²) in [5.74, 6) is 0. The molecule has 0 atom stereocenters. The maximum atomic E-state index is 13.0. The smallest absolute Gasteiger partial charge is 0.254 e. The first-order valence-electron chi connectivity index (χ1n) is 8.63. The summed E-state index contributed by atoms with van der Waals surface area (Å²) in [7, 11) is 0. The molecule has 24 heavy (non-hydrogen) atoms. The van der Waals surface area contributed by atoms with Gasteiger partial charge in [0, 0.05) is 22.3 Å². The fourth-order valence-corrected chi connectivity index (χ4v) is 3.51. The number of aromatic nitrogens is 2. The lowest BCUT2D eigenvalue weighted by Gasteiger charge is -2.18. The molecule has 0 fully saturated rings. The van der Waals surface area contributed by atoms with Gasteiger partial charge in [0.05, 0.1) is 12.1 Å². The molecular weight excluding hydrogens is 296 g/mol. The van der Waals surface area contributed by atoms with E-state index in [1.54, 1.807) is 0 Å². The van der Waals surface area contributed by atoms with Gasteiger partial charge in [-0.15, -0.1) is 0 Å². The molecule has 0 radical (unpaired) electrons. The van der Waals surface area contributed by atoms with Gasteiger partial charge >= 0.3 is 0 Å². The number of rotatable bonds is 4. The Bertz CT molecular complexity index is 940. The number of fused-ring (bicyclic) bond motifs is 1. The summed E-state index contributed by atoms with van der Waals surface area (Å²) in [5, 5.41) is 1.17. The Morgan fingerprint density at radius 1 is 1.04 bits per heavy atom. The summed E-state index contributed by atoms with van der Waals surface area (Å²) in [6, 6.07) is 12.2. The monoisotopic (exact) mass is 320 g/mol. The van der Waals surface area contributed by atoms with E-state index in [0.29, 0.717) is 6.54 Å². The van der Waals surface area contributed by atoms with Crippen LogP contribution >= 0.6 is 0 Å². The average molecular weight is 320 g/mol. The van der Waals surface area contributed by atoms with E-state index in [2.05, 4.69) is 32.0 Å². The largest absolute Gasteiger partial charge is 0.303 e. The van der Waals surface area contributed by atoms with Gasteiger partial charge in [-0.1, -0.05) is 44.2 Å². The quantitative estimate of drug-likeness (QED) is 0.722. The zero-order chi connectivity index (χ0) is 17.3. The predicted octanol–water partition coefficient (Wildman–Crippen LogP) is 4.19. The van der Waals surface area contributed by atoms with E-state index < -0.39 is 0 Å². The highest BCUT2D eigenvalue weighted by atomic mass is 16.1. The van der Waals surface area contributed by atoms with E-state index >= 15 is 0 Å². The van der Waals surface area contributed by atoms with Crippen LogP contribution in [0.3, 0.4) is 0 Å². The molecule has 0 unspecified atom stereocenters. The number of hydrogen-bond donors (Lipinski definition) is 0.